The van der Waals surface area contributed by atoms with E-state index in [0.717, 1.165) is 13.1 Å². The minimum absolute atomic E-state index is 0.398. The van der Waals surface area contributed by atoms with Crippen molar-refractivity contribution in [3.63, 3.8) is 0 Å². The molecule has 0 aliphatic carbocycles. The van der Waals surface area contributed by atoms with E-state index in [2.05, 4.69) is 49.0 Å². The predicted octanol–water partition coefficient (Wildman–Crippen LogP) is 2.92. The summed E-state index contributed by atoms with van der Waals surface area (Å²) < 4.78 is 2.16. The lowest BCUT2D eigenvalue weighted by molar-refractivity contribution is 0.573. The van der Waals surface area contributed by atoms with Crippen LogP contribution in [0, 0.1) is 13.8 Å². The third-order valence-corrected chi connectivity index (χ3v) is 3.80. The number of nitrogens with one attached hydrogen (secondary N) is 1. The first-order valence-corrected chi connectivity index (χ1v) is 7.77. The average molecular weight is 255 g/mol. The van der Waals surface area contributed by atoms with E-state index in [1.54, 1.807) is 0 Å². The van der Waals surface area contributed by atoms with E-state index in [1.807, 2.05) is 11.8 Å². The SMILES string of the molecule is CCNC(C)c1c(C)nn(CCCSC)c1C. The molecule has 0 spiro atoms. The number of hydrogen-bond donors (Lipinski definition) is 1. The summed E-state index contributed by atoms with van der Waals surface area (Å²) in [5.74, 6) is 1.20. The van der Waals surface area contributed by atoms with Gasteiger partial charge >= 0.3 is 0 Å². The topological polar surface area (TPSA) is 29.9 Å². The van der Waals surface area contributed by atoms with Crippen LogP contribution in [0.4, 0.5) is 0 Å². The Morgan fingerprint density at radius 2 is 2.12 bits per heavy atom. The Hall–Kier alpha value is -0.480. The van der Waals surface area contributed by atoms with Crippen molar-refractivity contribution >= 4 is 11.8 Å². The highest BCUT2D eigenvalue weighted by Gasteiger charge is 2.16. The summed E-state index contributed by atoms with van der Waals surface area (Å²) >= 11 is 1.90. The van der Waals surface area contributed by atoms with Gasteiger partial charge in [0.2, 0.25) is 0 Å². The molecule has 1 aromatic rings. The van der Waals surface area contributed by atoms with Gasteiger partial charge in [0.1, 0.15) is 0 Å². The van der Waals surface area contributed by atoms with E-state index in [1.165, 1.54) is 29.1 Å². The van der Waals surface area contributed by atoms with E-state index >= 15 is 0 Å². The molecule has 0 saturated heterocycles. The smallest absolute Gasteiger partial charge is 0.0644 e. The average Bonchev–Trinajstić information content (AvgIpc) is 2.55. The van der Waals surface area contributed by atoms with Crippen LogP contribution in [0.1, 0.15) is 43.3 Å². The third-order valence-electron chi connectivity index (χ3n) is 3.10. The van der Waals surface area contributed by atoms with Crippen LogP contribution in [0.5, 0.6) is 0 Å². The van der Waals surface area contributed by atoms with Crippen molar-refractivity contribution in [3.05, 3.63) is 17.0 Å². The number of rotatable bonds is 7. The minimum Gasteiger partial charge on any atom is -0.310 e. The van der Waals surface area contributed by atoms with Gasteiger partial charge in [0.15, 0.2) is 0 Å². The van der Waals surface area contributed by atoms with Gasteiger partial charge < -0.3 is 5.32 Å². The van der Waals surface area contributed by atoms with Gasteiger partial charge in [-0.05, 0) is 45.7 Å². The zero-order valence-electron chi connectivity index (χ0n) is 11.7. The first-order valence-electron chi connectivity index (χ1n) is 6.38. The van der Waals surface area contributed by atoms with Crippen LogP contribution >= 0.6 is 11.8 Å². The molecule has 0 amide bonds. The Kier molecular flexibility index (Phi) is 6.06. The van der Waals surface area contributed by atoms with Crippen molar-refractivity contribution < 1.29 is 0 Å². The van der Waals surface area contributed by atoms with Gasteiger partial charge in [-0.15, -0.1) is 0 Å². The molecule has 1 heterocycles. The minimum atomic E-state index is 0.398. The second-order valence-electron chi connectivity index (χ2n) is 4.43. The zero-order chi connectivity index (χ0) is 12.8. The van der Waals surface area contributed by atoms with Gasteiger partial charge in [0.25, 0.3) is 0 Å². The van der Waals surface area contributed by atoms with Crippen LogP contribution in [0.25, 0.3) is 0 Å². The van der Waals surface area contributed by atoms with E-state index in [4.69, 9.17) is 0 Å². The molecule has 0 aliphatic rings. The second-order valence-corrected chi connectivity index (χ2v) is 5.42. The second kappa shape index (κ2) is 7.07. The molecule has 98 valence electrons. The standard InChI is InChI=1S/C13H25N3S/c1-6-14-10(2)13-11(3)15-16(12(13)4)8-7-9-17-5/h10,14H,6-9H2,1-5H3. The highest BCUT2D eigenvalue weighted by Crippen LogP contribution is 2.21. The van der Waals surface area contributed by atoms with Crippen LogP contribution in [-0.2, 0) is 6.54 Å². The highest BCUT2D eigenvalue weighted by atomic mass is 32.2. The fourth-order valence-electron chi connectivity index (χ4n) is 2.32. The molecule has 0 saturated carbocycles. The molecule has 0 aromatic carbocycles. The van der Waals surface area contributed by atoms with Crippen LogP contribution in [-0.4, -0.2) is 28.3 Å². The summed E-state index contributed by atoms with van der Waals surface area (Å²) in [6, 6.07) is 0.398. The number of nitrogens with zero attached hydrogens (tertiary/aromatic N) is 2. The van der Waals surface area contributed by atoms with Gasteiger partial charge in [-0.1, -0.05) is 6.92 Å². The van der Waals surface area contributed by atoms with Gasteiger partial charge in [-0.3, -0.25) is 4.68 Å². The maximum absolute atomic E-state index is 4.65. The maximum Gasteiger partial charge on any atom is 0.0644 e. The Balaban J connectivity index is 2.78. The van der Waals surface area contributed by atoms with Crippen molar-refractivity contribution in [2.75, 3.05) is 18.6 Å². The molecular formula is C13H25N3S. The van der Waals surface area contributed by atoms with Gasteiger partial charge in [0.05, 0.1) is 5.69 Å². The number of thioether (sulfide) groups is 1. The molecule has 0 radical (unpaired) electrons. The summed E-state index contributed by atoms with van der Waals surface area (Å²) in [6.45, 7) is 10.7. The summed E-state index contributed by atoms with van der Waals surface area (Å²) in [6.07, 6.45) is 3.35. The number of aryl methyl sites for hydroxylation is 2. The summed E-state index contributed by atoms with van der Waals surface area (Å²) in [5, 5.41) is 8.12. The monoisotopic (exact) mass is 255 g/mol. The highest BCUT2D eigenvalue weighted by molar-refractivity contribution is 7.98. The molecule has 1 N–H and O–H groups in total. The zero-order valence-corrected chi connectivity index (χ0v) is 12.5. The lowest BCUT2D eigenvalue weighted by Gasteiger charge is -2.13. The molecule has 0 aliphatic heterocycles. The molecule has 17 heavy (non-hydrogen) atoms. The molecule has 0 bridgehead atoms. The normalized spacial score (nSPS) is 13.0. The molecule has 0 fully saturated rings. The van der Waals surface area contributed by atoms with Crippen molar-refractivity contribution in [2.45, 2.75) is 46.7 Å². The van der Waals surface area contributed by atoms with E-state index in [9.17, 15) is 0 Å². The Morgan fingerprint density at radius 3 is 2.71 bits per heavy atom. The van der Waals surface area contributed by atoms with Crippen LogP contribution in [0.2, 0.25) is 0 Å². The summed E-state index contributed by atoms with van der Waals surface area (Å²) in [5.41, 5.74) is 3.85. The molecule has 1 atom stereocenters. The molecule has 1 unspecified atom stereocenters. The maximum atomic E-state index is 4.65. The van der Waals surface area contributed by atoms with E-state index in [-0.39, 0.29) is 0 Å². The predicted molar refractivity (Wildman–Crippen MR) is 76.8 cm³/mol. The van der Waals surface area contributed by atoms with E-state index in [0.29, 0.717) is 6.04 Å². The molecular weight excluding hydrogens is 230 g/mol. The summed E-state index contributed by atoms with van der Waals surface area (Å²) in [4.78, 5) is 0. The van der Waals surface area contributed by atoms with Gasteiger partial charge in [-0.25, -0.2) is 0 Å². The van der Waals surface area contributed by atoms with Gasteiger partial charge in [-0.2, -0.15) is 16.9 Å². The van der Waals surface area contributed by atoms with Crippen molar-refractivity contribution in [1.29, 1.82) is 0 Å². The van der Waals surface area contributed by atoms with Gasteiger partial charge in [0, 0.05) is 23.8 Å². The molecule has 1 aromatic heterocycles. The van der Waals surface area contributed by atoms with Crippen LogP contribution in [0.3, 0.4) is 0 Å². The number of aromatic nitrogens is 2. The van der Waals surface area contributed by atoms with Crippen LogP contribution in [0.15, 0.2) is 0 Å². The third kappa shape index (κ3) is 3.75. The molecule has 1 rings (SSSR count). The summed E-state index contributed by atoms with van der Waals surface area (Å²) in [7, 11) is 0. The quantitative estimate of drug-likeness (QED) is 0.760. The fraction of sp³-hybridized carbons (Fsp3) is 0.769. The number of hydrogen-bond acceptors (Lipinski definition) is 3. The van der Waals surface area contributed by atoms with Crippen molar-refractivity contribution in [2.24, 2.45) is 0 Å². The lowest BCUT2D eigenvalue weighted by atomic mass is 10.1. The molecule has 4 heteroatoms. The van der Waals surface area contributed by atoms with Crippen molar-refractivity contribution in [3.8, 4) is 0 Å². The first kappa shape index (κ1) is 14.6. The Morgan fingerprint density at radius 1 is 1.41 bits per heavy atom. The van der Waals surface area contributed by atoms with E-state index < -0.39 is 0 Å². The Labute approximate surface area is 109 Å². The first-order chi connectivity index (χ1) is 8.11. The fourth-order valence-corrected chi connectivity index (χ4v) is 2.74. The lowest BCUT2D eigenvalue weighted by Crippen LogP contribution is -2.19. The molecule has 3 nitrogen and oxygen atoms in total. The largest absolute Gasteiger partial charge is 0.310 e. The van der Waals surface area contributed by atoms with Crippen molar-refractivity contribution in [1.82, 2.24) is 15.1 Å². The Bertz CT molecular complexity index is 347. The van der Waals surface area contributed by atoms with Crippen LogP contribution < -0.4 is 5.32 Å².